The molecule has 1 aliphatic rings. The molecule has 0 bridgehead atoms. The molecule has 0 spiro atoms. The highest BCUT2D eigenvalue weighted by atomic mass is 31.2. The van der Waals surface area contributed by atoms with Gasteiger partial charge in [-0.05, 0) is 96.5 Å². The van der Waals surface area contributed by atoms with Gasteiger partial charge in [0.05, 0.1) is 19.4 Å². The zero-order valence-corrected chi connectivity index (χ0v) is 25.3. The van der Waals surface area contributed by atoms with Crippen molar-refractivity contribution in [1.29, 1.82) is 0 Å². The maximum atomic E-state index is 13.5. The Bertz CT molecular complexity index is 1470. The van der Waals surface area contributed by atoms with Gasteiger partial charge >= 0.3 is 7.60 Å². The van der Waals surface area contributed by atoms with Crippen molar-refractivity contribution in [2.75, 3.05) is 37.4 Å². The van der Waals surface area contributed by atoms with Crippen molar-refractivity contribution < 1.29 is 13.6 Å². The zero-order chi connectivity index (χ0) is 28.5. The van der Waals surface area contributed by atoms with Crippen LogP contribution in [0.2, 0.25) is 0 Å². The van der Waals surface area contributed by atoms with Crippen LogP contribution in [-0.4, -0.2) is 32.5 Å². The number of hydrogen-bond donors (Lipinski definition) is 0. The summed E-state index contributed by atoms with van der Waals surface area (Å²) >= 11 is 0. The Hall–Kier alpha value is -3.17. The average molecular weight is 556 g/mol. The fraction of sp³-hybridized carbons (Fsp3) is 0.314. The Kier molecular flexibility index (Phi) is 10.4. The second-order valence-electron chi connectivity index (χ2n) is 9.92. The van der Waals surface area contributed by atoms with Gasteiger partial charge in [-0.15, -0.1) is 0 Å². The fourth-order valence-electron chi connectivity index (χ4n) is 5.33. The van der Waals surface area contributed by atoms with Gasteiger partial charge in [0.15, 0.2) is 0 Å². The summed E-state index contributed by atoms with van der Waals surface area (Å²) in [5, 5.41) is 2.13. The second-order valence-corrected chi connectivity index (χ2v) is 12.0. The summed E-state index contributed by atoms with van der Waals surface area (Å²) in [5.41, 5.74) is 7.98. The van der Waals surface area contributed by atoms with Crippen molar-refractivity contribution in [2.45, 2.75) is 40.5 Å². The van der Waals surface area contributed by atoms with Crippen LogP contribution in [0, 0.1) is 0 Å². The molecule has 0 heterocycles. The third kappa shape index (κ3) is 7.12. The molecule has 3 aromatic carbocycles. The average Bonchev–Trinajstić information content (AvgIpc) is 3.50. The van der Waals surface area contributed by atoms with Crippen molar-refractivity contribution in [2.24, 2.45) is 0 Å². The summed E-state index contributed by atoms with van der Waals surface area (Å²) in [6.45, 7) is 14.8. The first-order valence-electron chi connectivity index (χ1n) is 14.4. The van der Waals surface area contributed by atoms with Crippen molar-refractivity contribution in [3.8, 4) is 0 Å². The largest absolute Gasteiger partial charge is 0.372 e. The van der Waals surface area contributed by atoms with E-state index < -0.39 is 7.60 Å². The van der Waals surface area contributed by atoms with E-state index in [0.29, 0.717) is 13.2 Å². The van der Waals surface area contributed by atoms with E-state index in [2.05, 4.69) is 110 Å². The van der Waals surface area contributed by atoms with Crippen LogP contribution in [0.1, 0.15) is 57.2 Å². The molecule has 0 saturated carbocycles. The van der Waals surface area contributed by atoms with Crippen LogP contribution in [0.5, 0.6) is 0 Å². The van der Waals surface area contributed by atoms with Crippen LogP contribution >= 0.6 is 7.60 Å². The van der Waals surface area contributed by atoms with E-state index in [0.717, 1.165) is 58.6 Å². The summed E-state index contributed by atoms with van der Waals surface area (Å²) in [7, 11) is -3.25. The highest BCUT2D eigenvalue weighted by molar-refractivity contribution is 7.54. The molecule has 0 fully saturated rings. The van der Waals surface area contributed by atoms with Gasteiger partial charge < -0.3 is 13.9 Å². The van der Waals surface area contributed by atoms with Gasteiger partial charge in [-0.3, -0.25) is 4.57 Å². The predicted octanol–water partition coefficient (Wildman–Crippen LogP) is 7.56. The minimum Gasteiger partial charge on any atom is -0.372 e. The number of nitrogens with zero attached hydrogens (tertiary/aromatic N) is 1. The minimum absolute atomic E-state index is 0.266. The molecule has 0 atom stereocenters. The van der Waals surface area contributed by atoms with Crippen molar-refractivity contribution >= 4 is 31.0 Å². The van der Waals surface area contributed by atoms with E-state index in [1.54, 1.807) is 0 Å². The molecule has 4 nitrogen and oxygen atoms in total. The normalized spacial score (nSPS) is 14.4. The van der Waals surface area contributed by atoms with Crippen LogP contribution in [-0.2, 0) is 13.6 Å². The molecule has 0 amide bonds. The molecule has 4 rings (SSSR count). The van der Waals surface area contributed by atoms with Gasteiger partial charge in [0.1, 0.15) is 0 Å². The standard InChI is InChI=1S/C35H42NO3P/c1-6-36(7-2)33-24-22-32(23-25-33)35(30-16-14-27(5)15-17-30)31-20-18-29(19-21-31)34(28-12-10-11-13-28)26-40(37,38-8-3)39-9-4/h10,12,14-25H,5-9,11,13,26H2,1-4H3/b34-28+. The maximum absolute atomic E-state index is 13.5. The molecule has 40 heavy (non-hydrogen) atoms. The Balaban J connectivity index is 1.78. The third-order valence-electron chi connectivity index (χ3n) is 7.34. The first-order valence-corrected chi connectivity index (χ1v) is 16.2. The van der Waals surface area contributed by atoms with Gasteiger partial charge in [0.2, 0.25) is 0 Å². The lowest BCUT2D eigenvalue weighted by Crippen LogP contribution is -2.21. The van der Waals surface area contributed by atoms with Crippen LogP contribution in [0.25, 0.3) is 17.7 Å². The molecule has 0 aliphatic heterocycles. The Morgan fingerprint density at radius 2 is 1.35 bits per heavy atom. The Morgan fingerprint density at radius 1 is 0.800 bits per heavy atom. The number of anilines is 1. The lowest BCUT2D eigenvalue weighted by Gasteiger charge is -2.22. The smallest absolute Gasteiger partial charge is 0.335 e. The summed E-state index contributed by atoms with van der Waals surface area (Å²) in [5.74, 6) is 0. The number of rotatable bonds is 12. The van der Waals surface area contributed by atoms with Gasteiger partial charge in [-0.2, -0.15) is 0 Å². The molecule has 210 valence electrons. The van der Waals surface area contributed by atoms with Crippen LogP contribution in [0.3, 0.4) is 0 Å². The summed E-state index contributed by atoms with van der Waals surface area (Å²) < 4.78 is 24.9. The minimum atomic E-state index is -3.25. The first kappa shape index (κ1) is 29.8. The lowest BCUT2D eigenvalue weighted by molar-refractivity contribution is 0.223. The van der Waals surface area contributed by atoms with E-state index in [9.17, 15) is 4.57 Å². The quantitative estimate of drug-likeness (QED) is 0.216. The molecule has 1 aliphatic carbocycles. The molecule has 0 radical (unpaired) electrons. The van der Waals surface area contributed by atoms with E-state index >= 15 is 0 Å². The summed E-state index contributed by atoms with van der Waals surface area (Å²) in [6, 6.07) is 25.9. The van der Waals surface area contributed by atoms with E-state index in [1.807, 2.05) is 13.8 Å². The second kappa shape index (κ2) is 13.9. The number of hydrogen-bond acceptors (Lipinski definition) is 4. The van der Waals surface area contributed by atoms with E-state index in [-0.39, 0.29) is 6.16 Å². The van der Waals surface area contributed by atoms with Gasteiger partial charge in [-0.25, -0.2) is 0 Å². The van der Waals surface area contributed by atoms with Crippen molar-refractivity contribution in [1.82, 2.24) is 0 Å². The molecular formula is C35H42NO3P. The highest BCUT2D eigenvalue weighted by Gasteiger charge is 2.28. The van der Waals surface area contributed by atoms with Gasteiger partial charge in [-0.1, -0.05) is 79.4 Å². The third-order valence-corrected chi connectivity index (χ3v) is 9.35. The molecular weight excluding hydrogens is 513 g/mol. The van der Waals surface area contributed by atoms with E-state index in [1.165, 1.54) is 16.8 Å². The molecule has 5 heteroatoms. The lowest BCUT2D eigenvalue weighted by atomic mass is 9.92. The first-order chi connectivity index (χ1) is 19.4. The zero-order valence-electron chi connectivity index (χ0n) is 24.4. The highest BCUT2D eigenvalue weighted by Crippen LogP contribution is 2.52. The Morgan fingerprint density at radius 3 is 1.85 bits per heavy atom. The fourth-order valence-corrected chi connectivity index (χ4v) is 7.15. The topological polar surface area (TPSA) is 38.8 Å². The predicted molar refractivity (Wildman–Crippen MR) is 170 cm³/mol. The van der Waals surface area contributed by atoms with Crippen LogP contribution in [0.15, 0.2) is 90.5 Å². The molecule has 0 saturated heterocycles. The van der Waals surface area contributed by atoms with Crippen LogP contribution < -0.4 is 15.3 Å². The molecule has 3 aromatic rings. The number of benzene rings is 3. The molecule has 0 aromatic heterocycles. The van der Waals surface area contributed by atoms with Gasteiger partial charge in [0, 0.05) is 18.8 Å². The van der Waals surface area contributed by atoms with Crippen molar-refractivity contribution in [3.05, 3.63) is 118 Å². The summed E-state index contributed by atoms with van der Waals surface area (Å²) in [4.78, 5) is 2.35. The SMILES string of the molecule is C=c1ccc(=C(c2ccc(/C(CP(=O)(OCC)OCC)=C3\C=CCC3)cc2)c2ccc(N(CC)CC)cc2)cc1. The van der Waals surface area contributed by atoms with Crippen molar-refractivity contribution in [3.63, 3.8) is 0 Å². The monoisotopic (exact) mass is 555 g/mol. The Labute approximate surface area is 239 Å². The number of allylic oxidation sites excluding steroid dienone is 4. The molecule has 0 N–H and O–H groups in total. The molecule has 0 unspecified atom stereocenters. The van der Waals surface area contributed by atoms with Crippen LogP contribution in [0.4, 0.5) is 5.69 Å². The van der Waals surface area contributed by atoms with Gasteiger partial charge in [0.25, 0.3) is 0 Å². The maximum Gasteiger partial charge on any atom is 0.335 e. The summed E-state index contributed by atoms with van der Waals surface area (Å²) in [6.07, 6.45) is 6.52. The van der Waals surface area contributed by atoms with E-state index in [4.69, 9.17) is 9.05 Å².